The number of nitrogens with one attached hydrogen (secondary N) is 2. The summed E-state index contributed by atoms with van der Waals surface area (Å²) in [5.74, 6) is -0.449. The number of H-pyrrole nitrogens is 1. The molecule has 2 N–H and O–H groups in total. The van der Waals surface area contributed by atoms with E-state index < -0.39 is 0 Å². The number of aromatic nitrogens is 4. The molecule has 4 rings (SSSR count). The number of rotatable bonds is 3. The maximum Gasteiger partial charge on any atom is 0.272 e. The molecule has 0 spiro atoms. The van der Waals surface area contributed by atoms with Crippen LogP contribution in [0.25, 0.3) is 11.3 Å². The van der Waals surface area contributed by atoms with E-state index >= 15 is 0 Å². The first-order valence-corrected chi connectivity index (χ1v) is 9.29. The van der Waals surface area contributed by atoms with Crippen molar-refractivity contribution in [2.75, 3.05) is 19.6 Å². The van der Waals surface area contributed by atoms with Crippen molar-refractivity contribution in [1.29, 1.82) is 0 Å². The Morgan fingerprint density at radius 2 is 2.11 bits per heavy atom. The lowest BCUT2D eigenvalue weighted by atomic mass is 10.0. The molecule has 28 heavy (non-hydrogen) atoms. The number of aryl methyl sites for hydroxylation is 2. The van der Waals surface area contributed by atoms with Crippen LogP contribution in [0, 0.1) is 19.7 Å². The fourth-order valence-electron chi connectivity index (χ4n) is 3.82. The summed E-state index contributed by atoms with van der Waals surface area (Å²) in [6.45, 7) is 5.71. The van der Waals surface area contributed by atoms with Gasteiger partial charge >= 0.3 is 0 Å². The number of benzene rings is 1. The highest BCUT2D eigenvalue weighted by molar-refractivity contribution is 5.94. The summed E-state index contributed by atoms with van der Waals surface area (Å²) in [4.78, 5) is 15.0. The summed E-state index contributed by atoms with van der Waals surface area (Å²) in [5, 5.41) is 14.9. The van der Waals surface area contributed by atoms with Crippen molar-refractivity contribution in [2.45, 2.75) is 19.9 Å². The molecule has 1 atom stereocenters. The zero-order chi connectivity index (χ0) is 19.8. The minimum Gasteiger partial charge on any atom is -0.328 e. The van der Waals surface area contributed by atoms with Gasteiger partial charge < -0.3 is 10.2 Å². The van der Waals surface area contributed by atoms with E-state index in [1.807, 2.05) is 27.0 Å². The second-order valence-electron chi connectivity index (χ2n) is 7.11. The highest BCUT2D eigenvalue weighted by atomic mass is 19.1. The molecule has 3 heterocycles. The molecule has 7 nitrogen and oxygen atoms in total. The van der Waals surface area contributed by atoms with Gasteiger partial charge in [-0.25, -0.2) is 4.39 Å². The lowest BCUT2D eigenvalue weighted by molar-refractivity contribution is 0.0628. The Bertz CT molecular complexity index is 1020. The van der Waals surface area contributed by atoms with Gasteiger partial charge in [0.05, 0.1) is 17.4 Å². The minimum absolute atomic E-state index is 0.145. The van der Waals surface area contributed by atoms with E-state index in [1.54, 1.807) is 21.7 Å². The molecule has 1 amide bonds. The molecule has 0 aliphatic carbocycles. The van der Waals surface area contributed by atoms with E-state index in [9.17, 15) is 9.18 Å². The number of aromatic amines is 1. The summed E-state index contributed by atoms with van der Waals surface area (Å²) < 4.78 is 15.5. The predicted octanol–water partition coefficient (Wildman–Crippen LogP) is 2.35. The highest BCUT2D eigenvalue weighted by Gasteiger charge is 2.30. The quantitative estimate of drug-likeness (QED) is 0.729. The standard InChI is InChI=1S/C20H23FN6O/c1-12-19(13(2)26(3)25-12)16-10-17(24-23-16)20(28)27-8-7-22-11-18(27)14-5-4-6-15(21)9-14/h4-6,9-10,18,22H,7-8,11H2,1-3H3,(H,23,24). The molecule has 1 aliphatic heterocycles. The Morgan fingerprint density at radius 1 is 1.29 bits per heavy atom. The minimum atomic E-state index is -0.304. The number of piperazine rings is 1. The first kappa shape index (κ1) is 18.4. The zero-order valence-electron chi connectivity index (χ0n) is 16.2. The Morgan fingerprint density at radius 3 is 2.82 bits per heavy atom. The van der Waals surface area contributed by atoms with Gasteiger partial charge in [0.1, 0.15) is 11.5 Å². The van der Waals surface area contributed by atoms with Crippen LogP contribution >= 0.6 is 0 Å². The Hall–Kier alpha value is -3.00. The van der Waals surface area contributed by atoms with Crippen molar-refractivity contribution >= 4 is 5.91 Å². The van der Waals surface area contributed by atoms with Gasteiger partial charge in [0.25, 0.3) is 5.91 Å². The molecule has 0 saturated carbocycles. The normalized spacial score (nSPS) is 17.1. The first-order chi connectivity index (χ1) is 13.5. The summed E-state index contributed by atoms with van der Waals surface area (Å²) in [7, 11) is 1.88. The van der Waals surface area contributed by atoms with Crippen LogP contribution in [0.15, 0.2) is 30.3 Å². The van der Waals surface area contributed by atoms with Gasteiger partial charge in [-0.2, -0.15) is 10.2 Å². The number of amides is 1. The van der Waals surface area contributed by atoms with E-state index in [2.05, 4.69) is 20.6 Å². The molecule has 3 aromatic rings. The summed E-state index contributed by atoms with van der Waals surface area (Å²) in [6, 6.07) is 7.95. The summed E-state index contributed by atoms with van der Waals surface area (Å²) in [5.41, 5.74) is 4.68. The van der Waals surface area contributed by atoms with E-state index in [1.165, 1.54) is 12.1 Å². The van der Waals surface area contributed by atoms with Crippen molar-refractivity contribution in [2.24, 2.45) is 7.05 Å². The molecule has 1 fully saturated rings. The lowest BCUT2D eigenvalue weighted by Gasteiger charge is -2.36. The smallest absolute Gasteiger partial charge is 0.272 e. The molecule has 1 aromatic carbocycles. The van der Waals surface area contributed by atoms with Crippen molar-refractivity contribution in [3.05, 3.63) is 58.8 Å². The number of hydrogen-bond donors (Lipinski definition) is 2. The van der Waals surface area contributed by atoms with E-state index in [0.29, 0.717) is 31.0 Å². The SMILES string of the molecule is Cc1nn(C)c(C)c1-c1cc(C(=O)N2CCNCC2c2cccc(F)c2)[nH]n1. The van der Waals surface area contributed by atoms with Crippen LogP contribution in [0.3, 0.4) is 0 Å². The Kier molecular flexibility index (Phi) is 4.72. The molecule has 1 aliphatic rings. The predicted molar refractivity (Wildman–Crippen MR) is 103 cm³/mol. The lowest BCUT2D eigenvalue weighted by Crippen LogP contribution is -2.48. The van der Waals surface area contributed by atoms with Crippen LogP contribution in [-0.4, -0.2) is 50.4 Å². The second-order valence-corrected chi connectivity index (χ2v) is 7.11. The van der Waals surface area contributed by atoms with Crippen molar-refractivity contribution in [1.82, 2.24) is 30.2 Å². The van der Waals surface area contributed by atoms with Gasteiger partial charge in [-0.15, -0.1) is 0 Å². The number of carbonyl (C=O) groups excluding carboxylic acids is 1. The first-order valence-electron chi connectivity index (χ1n) is 9.29. The average molecular weight is 382 g/mol. The monoisotopic (exact) mass is 382 g/mol. The third-order valence-electron chi connectivity index (χ3n) is 5.31. The largest absolute Gasteiger partial charge is 0.328 e. The molecule has 0 radical (unpaired) electrons. The van der Waals surface area contributed by atoms with Crippen molar-refractivity contribution < 1.29 is 9.18 Å². The maximum atomic E-state index is 13.7. The van der Waals surface area contributed by atoms with Crippen LogP contribution in [0.4, 0.5) is 4.39 Å². The van der Waals surface area contributed by atoms with E-state index in [4.69, 9.17) is 0 Å². The molecule has 8 heteroatoms. The van der Waals surface area contributed by atoms with Gasteiger partial charge in [0.2, 0.25) is 0 Å². The van der Waals surface area contributed by atoms with Gasteiger partial charge in [0, 0.05) is 37.9 Å². The van der Waals surface area contributed by atoms with Crippen LogP contribution in [-0.2, 0) is 7.05 Å². The second kappa shape index (κ2) is 7.20. The van der Waals surface area contributed by atoms with Crippen molar-refractivity contribution in [3.8, 4) is 11.3 Å². The van der Waals surface area contributed by atoms with Crippen LogP contribution in [0.2, 0.25) is 0 Å². The van der Waals surface area contributed by atoms with Gasteiger partial charge in [-0.1, -0.05) is 12.1 Å². The third-order valence-corrected chi connectivity index (χ3v) is 5.31. The molecule has 2 aromatic heterocycles. The van der Waals surface area contributed by atoms with E-state index in [0.717, 1.165) is 22.5 Å². The fourth-order valence-corrected chi connectivity index (χ4v) is 3.82. The molecule has 1 unspecified atom stereocenters. The van der Waals surface area contributed by atoms with E-state index in [-0.39, 0.29) is 17.8 Å². The van der Waals surface area contributed by atoms with Crippen LogP contribution < -0.4 is 5.32 Å². The van der Waals surface area contributed by atoms with Gasteiger partial charge in [0.15, 0.2) is 0 Å². The summed E-state index contributed by atoms with van der Waals surface area (Å²) >= 11 is 0. The number of nitrogens with zero attached hydrogens (tertiary/aromatic N) is 4. The highest BCUT2D eigenvalue weighted by Crippen LogP contribution is 2.28. The molecular formula is C20H23FN6O. The fraction of sp³-hybridized carbons (Fsp3) is 0.350. The number of halogens is 1. The van der Waals surface area contributed by atoms with Crippen LogP contribution in [0.1, 0.15) is 33.5 Å². The number of hydrogen-bond acceptors (Lipinski definition) is 4. The zero-order valence-corrected chi connectivity index (χ0v) is 16.2. The van der Waals surface area contributed by atoms with Gasteiger partial charge in [-0.05, 0) is 37.6 Å². The Balaban J connectivity index is 1.64. The molecule has 0 bridgehead atoms. The summed E-state index contributed by atoms with van der Waals surface area (Å²) in [6.07, 6.45) is 0. The molecular weight excluding hydrogens is 359 g/mol. The molecule has 1 saturated heterocycles. The average Bonchev–Trinajstić information content (AvgIpc) is 3.26. The Labute approximate surface area is 162 Å². The van der Waals surface area contributed by atoms with Crippen LogP contribution in [0.5, 0.6) is 0 Å². The van der Waals surface area contributed by atoms with Crippen molar-refractivity contribution in [3.63, 3.8) is 0 Å². The van der Waals surface area contributed by atoms with Gasteiger partial charge in [-0.3, -0.25) is 14.6 Å². The molecule has 146 valence electrons. The third kappa shape index (κ3) is 3.20. The number of carbonyl (C=O) groups is 1. The maximum absolute atomic E-state index is 13.7. The topological polar surface area (TPSA) is 78.8 Å².